The molecule has 2 aromatic heterocycles. The van der Waals surface area contributed by atoms with Gasteiger partial charge in [-0.25, -0.2) is 14.4 Å². The monoisotopic (exact) mass is 567 g/mol. The third-order valence-electron chi connectivity index (χ3n) is 8.72. The van der Waals surface area contributed by atoms with Gasteiger partial charge in [0.05, 0.1) is 49.8 Å². The lowest BCUT2D eigenvalue weighted by atomic mass is 9.91. The number of aliphatic hydroxyl groups excluding tert-OH is 2. The zero-order valence-electron chi connectivity index (χ0n) is 23.7. The van der Waals surface area contributed by atoms with Crippen LogP contribution in [0.25, 0.3) is 22.2 Å². The van der Waals surface area contributed by atoms with E-state index < -0.39 is 11.9 Å². The number of piperidine rings is 1. The second-order valence-corrected chi connectivity index (χ2v) is 11.8. The van der Waals surface area contributed by atoms with Crippen LogP contribution in [0.5, 0.6) is 0 Å². The van der Waals surface area contributed by atoms with Crippen molar-refractivity contribution in [3.63, 3.8) is 0 Å². The highest BCUT2D eigenvalue weighted by Gasteiger charge is 2.39. The van der Waals surface area contributed by atoms with Gasteiger partial charge in [-0.05, 0) is 52.2 Å². The first-order chi connectivity index (χ1) is 19.7. The second-order valence-electron chi connectivity index (χ2n) is 11.8. The van der Waals surface area contributed by atoms with E-state index in [0.29, 0.717) is 67.7 Å². The molecule has 11 heteroatoms. The number of hydrogen-bond donors (Lipinski definition) is 3. The van der Waals surface area contributed by atoms with Crippen LogP contribution in [-0.4, -0.2) is 86.4 Å². The number of aromatic nitrogens is 3. The average molecular weight is 568 g/mol. The molecule has 6 rings (SSSR count). The molecule has 220 valence electrons. The molecule has 3 aliphatic rings. The minimum atomic E-state index is -0.710. The summed E-state index contributed by atoms with van der Waals surface area (Å²) in [7, 11) is 0. The molecule has 2 unspecified atom stereocenters. The summed E-state index contributed by atoms with van der Waals surface area (Å²) in [5.41, 5.74) is 2.93. The Balaban J connectivity index is 1.41. The van der Waals surface area contributed by atoms with Crippen molar-refractivity contribution in [1.82, 2.24) is 19.4 Å². The van der Waals surface area contributed by atoms with Crippen molar-refractivity contribution in [3.05, 3.63) is 51.7 Å². The van der Waals surface area contributed by atoms with Crippen molar-refractivity contribution in [2.45, 2.75) is 83.0 Å². The summed E-state index contributed by atoms with van der Waals surface area (Å²) in [4.78, 5) is 24.6. The fraction of sp³-hybridized carbons (Fsp3) is 0.567. The number of anilines is 1. The quantitative estimate of drug-likeness (QED) is 0.413. The van der Waals surface area contributed by atoms with E-state index >= 15 is 4.39 Å². The summed E-state index contributed by atoms with van der Waals surface area (Å²) in [6.07, 6.45) is 1.95. The highest BCUT2D eigenvalue weighted by atomic mass is 19.1. The predicted octanol–water partition coefficient (Wildman–Crippen LogP) is 2.77. The minimum Gasteiger partial charge on any atom is -0.393 e. The molecule has 3 saturated heterocycles. The molecule has 0 saturated carbocycles. The summed E-state index contributed by atoms with van der Waals surface area (Å²) in [6.45, 7) is 8.45. The van der Waals surface area contributed by atoms with Gasteiger partial charge in [-0.3, -0.25) is 9.69 Å². The van der Waals surface area contributed by atoms with Crippen LogP contribution in [0.2, 0.25) is 0 Å². The van der Waals surface area contributed by atoms with Crippen molar-refractivity contribution < 1.29 is 24.1 Å². The Morgan fingerprint density at radius 2 is 1.90 bits per heavy atom. The van der Waals surface area contributed by atoms with Gasteiger partial charge >= 0.3 is 0 Å². The molecule has 4 atom stereocenters. The first kappa shape index (κ1) is 28.2. The third-order valence-corrected chi connectivity index (χ3v) is 8.72. The second kappa shape index (κ2) is 11.4. The molecule has 3 aliphatic heterocycles. The summed E-state index contributed by atoms with van der Waals surface area (Å²) in [6, 6.07) is 5.21. The van der Waals surface area contributed by atoms with E-state index in [1.807, 2.05) is 13.0 Å². The van der Waals surface area contributed by atoms with Gasteiger partial charge in [0, 0.05) is 53.5 Å². The number of benzene rings is 1. The molecular formula is C30H38FN5O5. The van der Waals surface area contributed by atoms with Gasteiger partial charge < -0.3 is 29.6 Å². The van der Waals surface area contributed by atoms with Crippen LogP contribution < -0.4 is 10.7 Å². The van der Waals surface area contributed by atoms with Crippen LogP contribution in [0.15, 0.2) is 29.2 Å². The predicted molar refractivity (Wildman–Crippen MR) is 152 cm³/mol. The first-order valence-electron chi connectivity index (χ1n) is 14.5. The topological polar surface area (TPSA) is 122 Å². The van der Waals surface area contributed by atoms with E-state index in [4.69, 9.17) is 9.47 Å². The summed E-state index contributed by atoms with van der Waals surface area (Å²) < 4.78 is 28.4. The lowest BCUT2D eigenvalue weighted by molar-refractivity contribution is -0.109. The third kappa shape index (κ3) is 5.37. The lowest BCUT2D eigenvalue weighted by Crippen LogP contribution is -2.57. The number of rotatable bonds is 6. The molecule has 5 heterocycles. The summed E-state index contributed by atoms with van der Waals surface area (Å²) >= 11 is 0. The zero-order chi connectivity index (χ0) is 28.8. The summed E-state index contributed by atoms with van der Waals surface area (Å²) in [5.74, 6) is -0.354. The Hall–Kier alpha value is -2.96. The van der Waals surface area contributed by atoms with Crippen LogP contribution in [0, 0.1) is 12.7 Å². The van der Waals surface area contributed by atoms with Crippen LogP contribution in [0.3, 0.4) is 0 Å². The Kier molecular flexibility index (Phi) is 7.82. The number of ether oxygens (including phenoxy) is 2. The smallest absolute Gasteiger partial charge is 0.223 e. The van der Waals surface area contributed by atoms with Crippen LogP contribution in [0.4, 0.5) is 10.3 Å². The van der Waals surface area contributed by atoms with E-state index in [-0.39, 0.29) is 53.9 Å². The lowest BCUT2D eigenvalue weighted by Gasteiger charge is -2.47. The Labute approximate surface area is 238 Å². The van der Waals surface area contributed by atoms with Crippen LogP contribution in [0.1, 0.15) is 50.4 Å². The Morgan fingerprint density at radius 1 is 1.15 bits per heavy atom. The van der Waals surface area contributed by atoms with Gasteiger partial charge in [0.15, 0.2) is 11.2 Å². The molecule has 3 aromatic rings. The number of morpholine rings is 1. The van der Waals surface area contributed by atoms with Crippen molar-refractivity contribution >= 4 is 16.9 Å². The van der Waals surface area contributed by atoms with Gasteiger partial charge in [0.1, 0.15) is 5.69 Å². The van der Waals surface area contributed by atoms with E-state index in [1.165, 1.54) is 0 Å². The maximum Gasteiger partial charge on any atom is 0.223 e. The van der Waals surface area contributed by atoms with Crippen molar-refractivity contribution in [2.75, 3.05) is 31.7 Å². The molecule has 1 aromatic carbocycles. The van der Waals surface area contributed by atoms with Gasteiger partial charge in [0.25, 0.3) is 0 Å². The van der Waals surface area contributed by atoms with E-state index in [0.717, 1.165) is 11.9 Å². The highest BCUT2D eigenvalue weighted by Crippen LogP contribution is 2.33. The maximum atomic E-state index is 15.1. The minimum absolute atomic E-state index is 0.0241. The maximum absolute atomic E-state index is 15.1. The van der Waals surface area contributed by atoms with E-state index in [9.17, 15) is 15.0 Å². The molecule has 3 N–H and O–H groups in total. The molecule has 10 nitrogen and oxygen atoms in total. The Bertz CT molecular complexity index is 1480. The number of nitrogens with zero attached hydrogens (tertiary/aromatic N) is 4. The highest BCUT2D eigenvalue weighted by molar-refractivity contribution is 5.85. The number of fused-ring (bicyclic) bond motifs is 3. The van der Waals surface area contributed by atoms with Crippen molar-refractivity contribution in [1.29, 1.82) is 0 Å². The van der Waals surface area contributed by atoms with Crippen molar-refractivity contribution in [2.24, 2.45) is 0 Å². The van der Waals surface area contributed by atoms with Crippen molar-refractivity contribution in [3.8, 4) is 11.3 Å². The molecule has 0 aliphatic carbocycles. The largest absolute Gasteiger partial charge is 0.393 e. The standard InChI is InChI=1S/C30H38FN5O5/c1-16(2)36-25-8-18(28-23(31)11-32-30(34-28)33-24-6-7-40-15-27(24)38)4-5-22(25)29(39)17(3)26(36)12-35-19-9-21(37)10-20(35)14-41-13-19/h4-5,8,11,16,19-21,24,27,37-38H,6-7,9-10,12-15H2,1-3H3,(H,32,33,34)/t19?,20?,21?,24-,27-/m1/s1. The normalized spacial score (nSPS) is 27.0. The zero-order valence-corrected chi connectivity index (χ0v) is 23.7. The molecular weight excluding hydrogens is 529 g/mol. The van der Waals surface area contributed by atoms with Gasteiger partial charge in [-0.1, -0.05) is 6.07 Å². The van der Waals surface area contributed by atoms with Gasteiger partial charge in [-0.2, -0.15) is 0 Å². The molecule has 2 bridgehead atoms. The molecule has 41 heavy (non-hydrogen) atoms. The number of halogens is 1. The SMILES string of the molecule is Cc1c(CN2C3COCC2CC(O)C3)n(C(C)C)c2cc(-c3nc(N[C@@H]4CCOC[C@H]4O)ncc3F)ccc2c1=O. The fourth-order valence-electron chi connectivity index (χ4n) is 6.60. The molecule has 0 amide bonds. The van der Waals surface area contributed by atoms with E-state index in [2.05, 4.69) is 38.6 Å². The molecule has 3 fully saturated rings. The van der Waals surface area contributed by atoms with Gasteiger partial charge in [0.2, 0.25) is 5.95 Å². The van der Waals surface area contributed by atoms with E-state index in [1.54, 1.807) is 12.1 Å². The number of hydrogen-bond acceptors (Lipinski definition) is 9. The fourth-order valence-corrected chi connectivity index (χ4v) is 6.60. The van der Waals surface area contributed by atoms with Gasteiger partial charge in [-0.15, -0.1) is 0 Å². The molecule has 0 radical (unpaired) electrons. The summed E-state index contributed by atoms with van der Waals surface area (Å²) in [5, 5.41) is 24.3. The average Bonchev–Trinajstić information content (AvgIpc) is 2.94. The number of aliphatic hydroxyl groups is 2. The Morgan fingerprint density at radius 3 is 2.61 bits per heavy atom. The number of pyridine rings is 1. The number of nitrogens with one attached hydrogen (secondary N) is 1. The van der Waals surface area contributed by atoms with Crippen LogP contribution in [-0.2, 0) is 16.0 Å². The first-order valence-corrected chi connectivity index (χ1v) is 14.5. The van der Waals surface area contributed by atoms with Crippen LogP contribution >= 0.6 is 0 Å². The molecule has 0 spiro atoms.